The third-order valence-electron chi connectivity index (χ3n) is 2.71. The standard InChI is InChI=1S/C11H10O/c1-11-7-6-8-4-2-3-5-9(8)10(11)12-11/h2-7,10H,1H3. The van der Waals surface area contributed by atoms with E-state index in [2.05, 4.69) is 43.3 Å². The second kappa shape index (κ2) is 1.80. The maximum absolute atomic E-state index is 5.60. The Balaban J connectivity index is 2.21. The van der Waals surface area contributed by atoms with Crippen LogP contribution in [0.4, 0.5) is 0 Å². The van der Waals surface area contributed by atoms with Gasteiger partial charge >= 0.3 is 0 Å². The lowest BCUT2D eigenvalue weighted by Crippen LogP contribution is -2.05. The first-order valence-electron chi connectivity index (χ1n) is 4.26. The van der Waals surface area contributed by atoms with E-state index in [1.54, 1.807) is 0 Å². The van der Waals surface area contributed by atoms with Gasteiger partial charge in [0.05, 0.1) is 0 Å². The summed E-state index contributed by atoms with van der Waals surface area (Å²) in [5.41, 5.74) is 2.65. The summed E-state index contributed by atoms with van der Waals surface area (Å²) in [6.45, 7) is 2.13. The first-order valence-corrected chi connectivity index (χ1v) is 4.26. The van der Waals surface area contributed by atoms with E-state index in [1.165, 1.54) is 11.1 Å². The first-order chi connectivity index (χ1) is 5.80. The van der Waals surface area contributed by atoms with E-state index >= 15 is 0 Å². The van der Waals surface area contributed by atoms with Gasteiger partial charge in [-0.2, -0.15) is 0 Å². The van der Waals surface area contributed by atoms with Crippen LogP contribution in [0, 0.1) is 0 Å². The van der Waals surface area contributed by atoms with Crippen LogP contribution in [-0.2, 0) is 4.74 Å². The van der Waals surface area contributed by atoms with Crippen molar-refractivity contribution in [2.45, 2.75) is 18.6 Å². The Bertz CT molecular complexity index is 367. The molecule has 0 radical (unpaired) electrons. The minimum atomic E-state index is 0.00829. The summed E-state index contributed by atoms with van der Waals surface area (Å²) in [6, 6.07) is 8.41. The second-order valence-electron chi connectivity index (χ2n) is 3.64. The highest BCUT2D eigenvalue weighted by molar-refractivity contribution is 5.61. The molecular weight excluding hydrogens is 148 g/mol. The zero-order valence-corrected chi connectivity index (χ0v) is 6.95. The SMILES string of the molecule is CC12C=Cc3ccccc3C1O2. The average Bonchev–Trinajstić information content (AvgIpc) is 2.78. The van der Waals surface area contributed by atoms with Crippen LogP contribution < -0.4 is 0 Å². The van der Waals surface area contributed by atoms with E-state index < -0.39 is 0 Å². The van der Waals surface area contributed by atoms with E-state index in [-0.39, 0.29) is 5.60 Å². The van der Waals surface area contributed by atoms with Crippen molar-refractivity contribution in [3.8, 4) is 0 Å². The normalized spacial score (nSPS) is 35.6. The van der Waals surface area contributed by atoms with Crippen molar-refractivity contribution in [1.82, 2.24) is 0 Å². The summed E-state index contributed by atoms with van der Waals surface area (Å²) >= 11 is 0. The van der Waals surface area contributed by atoms with Crippen LogP contribution in [0.5, 0.6) is 0 Å². The van der Waals surface area contributed by atoms with Crippen LogP contribution in [0.3, 0.4) is 0 Å². The van der Waals surface area contributed by atoms with Crippen LogP contribution in [0.2, 0.25) is 0 Å². The molecular formula is C11H10O. The van der Waals surface area contributed by atoms with E-state index in [0.717, 1.165) is 0 Å². The zero-order valence-electron chi connectivity index (χ0n) is 6.95. The Morgan fingerprint density at radius 3 is 3.08 bits per heavy atom. The van der Waals surface area contributed by atoms with Crippen LogP contribution in [0.15, 0.2) is 30.3 Å². The molecule has 0 bridgehead atoms. The number of rotatable bonds is 0. The van der Waals surface area contributed by atoms with Crippen molar-refractivity contribution in [3.05, 3.63) is 41.5 Å². The van der Waals surface area contributed by atoms with Gasteiger partial charge in [0.1, 0.15) is 11.7 Å². The summed E-state index contributed by atoms with van der Waals surface area (Å²) in [6.07, 6.45) is 4.62. The molecule has 1 saturated heterocycles. The molecule has 0 aromatic heterocycles. The Labute approximate surface area is 71.7 Å². The van der Waals surface area contributed by atoms with Crippen molar-refractivity contribution >= 4 is 6.08 Å². The van der Waals surface area contributed by atoms with Gasteiger partial charge in [-0.05, 0) is 24.1 Å². The van der Waals surface area contributed by atoms with Gasteiger partial charge in [0.25, 0.3) is 0 Å². The molecule has 2 unspecified atom stereocenters. The molecule has 0 spiro atoms. The minimum absolute atomic E-state index is 0.00829. The minimum Gasteiger partial charge on any atom is -0.357 e. The fourth-order valence-electron chi connectivity index (χ4n) is 1.88. The Morgan fingerprint density at radius 2 is 2.17 bits per heavy atom. The Hall–Kier alpha value is -1.08. The van der Waals surface area contributed by atoms with Gasteiger partial charge < -0.3 is 4.74 Å². The Morgan fingerprint density at radius 1 is 1.33 bits per heavy atom. The summed E-state index contributed by atoms with van der Waals surface area (Å²) in [7, 11) is 0. The van der Waals surface area contributed by atoms with Crippen molar-refractivity contribution < 1.29 is 4.74 Å². The lowest BCUT2D eigenvalue weighted by Gasteiger charge is -2.09. The number of ether oxygens (including phenoxy) is 1. The summed E-state index contributed by atoms with van der Waals surface area (Å²) < 4.78 is 5.60. The van der Waals surface area contributed by atoms with Crippen molar-refractivity contribution in [3.63, 3.8) is 0 Å². The van der Waals surface area contributed by atoms with Gasteiger partial charge in [0.2, 0.25) is 0 Å². The predicted octanol–water partition coefficient (Wildman–Crippen LogP) is 2.54. The van der Waals surface area contributed by atoms with Crippen molar-refractivity contribution in [2.75, 3.05) is 0 Å². The molecule has 60 valence electrons. The Kier molecular flexibility index (Phi) is 0.968. The number of hydrogen-bond acceptors (Lipinski definition) is 1. The fourth-order valence-corrected chi connectivity index (χ4v) is 1.88. The molecule has 0 N–H and O–H groups in total. The molecule has 1 heterocycles. The van der Waals surface area contributed by atoms with Gasteiger partial charge in [-0.3, -0.25) is 0 Å². The summed E-state index contributed by atoms with van der Waals surface area (Å²) in [5, 5.41) is 0. The molecule has 2 aliphatic rings. The van der Waals surface area contributed by atoms with Gasteiger partial charge in [-0.25, -0.2) is 0 Å². The monoisotopic (exact) mass is 158 g/mol. The van der Waals surface area contributed by atoms with Crippen molar-refractivity contribution in [2.24, 2.45) is 0 Å². The number of epoxide rings is 1. The fraction of sp³-hybridized carbons (Fsp3) is 0.273. The molecule has 3 rings (SSSR count). The highest BCUT2D eigenvalue weighted by atomic mass is 16.6. The molecule has 0 saturated carbocycles. The molecule has 12 heavy (non-hydrogen) atoms. The zero-order chi connectivity index (χ0) is 8.18. The lowest BCUT2D eigenvalue weighted by molar-refractivity contribution is 0.347. The third-order valence-corrected chi connectivity index (χ3v) is 2.71. The highest BCUT2D eigenvalue weighted by Crippen LogP contribution is 2.54. The van der Waals surface area contributed by atoms with Crippen LogP contribution >= 0.6 is 0 Å². The van der Waals surface area contributed by atoms with Crippen LogP contribution in [-0.4, -0.2) is 5.60 Å². The predicted molar refractivity (Wildman–Crippen MR) is 47.7 cm³/mol. The first kappa shape index (κ1) is 6.44. The maximum Gasteiger partial charge on any atom is 0.117 e. The summed E-state index contributed by atoms with van der Waals surface area (Å²) in [5.74, 6) is 0. The molecule has 1 aliphatic heterocycles. The number of benzene rings is 1. The second-order valence-corrected chi connectivity index (χ2v) is 3.64. The van der Waals surface area contributed by atoms with Crippen LogP contribution in [0.25, 0.3) is 6.08 Å². The average molecular weight is 158 g/mol. The molecule has 1 aromatic carbocycles. The molecule has 1 fully saturated rings. The van der Waals surface area contributed by atoms with Crippen molar-refractivity contribution in [1.29, 1.82) is 0 Å². The smallest absolute Gasteiger partial charge is 0.117 e. The molecule has 0 amide bonds. The lowest BCUT2D eigenvalue weighted by atomic mass is 9.91. The van der Waals surface area contributed by atoms with Gasteiger partial charge in [-0.1, -0.05) is 30.3 Å². The molecule has 2 atom stereocenters. The van der Waals surface area contributed by atoms with Gasteiger partial charge in [0, 0.05) is 0 Å². The van der Waals surface area contributed by atoms with Crippen LogP contribution in [0.1, 0.15) is 24.2 Å². The van der Waals surface area contributed by atoms with E-state index in [0.29, 0.717) is 6.10 Å². The number of fused-ring (bicyclic) bond motifs is 3. The van der Waals surface area contributed by atoms with E-state index in [4.69, 9.17) is 4.74 Å². The third kappa shape index (κ3) is 0.669. The topological polar surface area (TPSA) is 12.5 Å². The van der Waals surface area contributed by atoms with E-state index in [1.807, 2.05) is 0 Å². The molecule has 1 nitrogen and oxygen atoms in total. The molecule has 1 heteroatoms. The maximum atomic E-state index is 5.60. The molecule has 1 aliphatic carbocycles. The molecule has 1 aromatic rings. The highest BCUT2D eigenvalue weighted by Gasteiger charge is 2.53. The number of hydrogen-bond donors (Lipinski definition) is 0. The van der Waals surface area contributed by atoms with E-state index in [9.17, 15) is 0 Å². The quantitative estimate of drug-likeness (QED) is 0.528. The van der Waals surface area contributed by atoms with Gasteiger partial charge in [-0.15, -0.1) is 0 Å². The largest absolute Gasteiger partial charge is 0.357 e. The summed E-state index contributed by atoms with van der Waals surface area (Å²) in [4.78, 5) is 0. The van der Waals surface area contributed by atoms with Gasteiger partial charge in [0.15, 0.2) is 0 Å².